The average molecular weight is 315 g/mol. The molecule has 0 spiro atoms. The number of benzene rings is 1. The van der Waals surface area contributed by atoms with Gasteiger partial charge in [-0.25, -0.2) is 21.9 Å². The summed E-state index contributed by atoms with van der Waals surface area (Å²) in [5, 5.41) is 8.64. The second-order valence-electron chi connectivity index (χ2n) is 4.85. The number of rotatable bonds is 5. The van der Waals surface area contributed by atoms with E-state index in [2.05, 4.69) is 16.6 Å². The molecular formula is C14H15F2NO3S. The van der Waals surface area contributed by atoms with Gasteiger partial charge in [-0.1, -0.05) is 24.7 Å². The molecule has 0 amide bonds. The van der Waals surface area contributed by atoms with Crippen LogP contribution in [0.1, 0.15) is 24.8 Å². The van der Waals surface area contributed by atoms with E-state index in [0.29, 0.717) is 18.4 Å². The number of aliphatic hydroxyl groups is 1. The van der Waals surface area contributed by atoms with Gasteiger partial charge < -0.3 is 5.11 Å². The van der Waals surface area contributed by atoms with Crippen molar-refractivity contribution in [2.75, 3.05) is 13.2 Å². The molecule has 2 rings (SSSR count). The standard InChI is InChI=1S/C14H15F2NO3S/c15-12-8-11(2-1-7-18)14(13(16)9-12)21(19,20)17-6-5-10-3-4-10/h8-10,17-18H,3-7H2. The summed E-state index contributed by atoms with van der Waals surface area (Å²) < 4.78 is 53.6. The first-order valence-corrected chi connectivity index (χ1v) is 8.01. The quantitative estimate of drug-likeness (QED) is 0.807. The monoisotopic (exact) mass is 315 g/mol. The second-order valence-corrected chi connectivity index (χ2v) is 6.56. The van der Waals surface area contributed by atoms with Crippen LogP contribution in [0.2, 0.25) is 0 Å². The van der Waals surface area contributed by atoms with Crippen molar-refractivity contribution in [2.45, 2.75) is 24.2 Å². The lowest BCUT2D eigenvalue weighted by atomic mass is 10.2. The van der Waals surface area contributed by atoms with Crippen molar-refractivity contribution in [1.82, 2.24) is 4.72 Å². The summed E-state index contributed by atoms with van der Waals surface area (Å²) in [6.07, 6.45) is 2.86. The Balaban J connectivity index is 2.30. The molecule has 1 aliphatic carbocycles. The second kappa shape index (κ2) is 6.52. The van der Waals surface area contributed by atoms with Crippen molar-refractivity contribution >= 4 is 10.0 Å². The van der Waals surface area contributed by atoms with Crippen LogP contribution < -0.4 is 4.72 Å². The van der Waals surface area contributed by atoms with Gasteiger partial charge >= 0.3 is 0 Å². The highest BCUT2D eigenvalue weighted by Gasteiger charge is 2.26. The highest BCUT2D eigenvalue weighted by molar-refractivity contribution is 7.89. The van der Waals surface area contributed by atoms with E-state index >= 15 is 0 Å². The Morgan fingerprint density at radius 3 is 2.67 bits per heavy atom. The summed E-state index contributed by atoms with van der Waals surface area (Å²) >= 11 is 0. The molecule has 0 radical (unpaired) electrons. The van der Waals surface area contributed by atoms with Crippen molar-refractivity contribution in [2.24, 2.45) is 5.92 Å². The summed E-state index contributed by atoms with van der Waals surface area (Å²) in [7, 11) is -4.11. The minimum absolute atomic E-state index is 0.205. The molecule has 21 heavy (non-hydrogen) atoms. The Hall–Kier alpha value is -1.49. The van der Waals surface area contributed by atoms with Crippen molar-refractivity contribution in [3.8, 4) is 11.8 Å². The fraction of sp³-hybridized carbons (Fsp3) is 0.429. The van der Waals surface area contributed by atoms with Crippen molar-refractivity contribution in [3.05, 3.63) is 29.3 Å². The lowest BCUT2D eigenvalue weighted by Gasteiger charge is -2.09. The number of aliphatic hydroxyl groups excluding tert-OH is 1. The van der Waals surface area contributed by atoms with Crippen LogP contribution in [0.3, 0.4) is 0 Å². The molecule has 1 aromatic carbocycles. The zero-order chi connectivity index (χ0) is 15.5. The number of hydrogen-bond acceptors (Lipinski definition) is 3. The lowest BCUT2D eigenvalue weighted by molar-refractivity contribution is 0.350. The summed E-state index contributed by atoms with van der Waals surface area (Å²) in [5.41, 5.74) is -0.305. The normalized spacial score (nSPS) is 14.6. The maximum atomic E-state index is 13.8. The molecule has 0 bridgehead atoms. The van der Waals surface area contributed by atoms with Gasteiger partial charge in [-0.3, -0.25) is 0 Å². The molecule has 0 aromatic heterocycles. The van der Waals surface area contributed by atoms with Crippen LogP contribution in [0, 0.1) is 29.4 Å². The Labute approximate surface area is 122 Å². The molecule has 0 saturated heterocycles. The topological polar surface area (TPSA) is 66.4 Å². The predicted octanol–water partition coefficient (Wildman–Crippen LogP) is 1.39. The summed E-state index contributed by atoms with van der Waals surface area (Å²) in [4.78, 5) is -0.680. The van der Waals surface area contributed by atoms with Crippen LogP contribution >= 0.6 is 0 Å². The van der Waals surface area contributed by atoms with Gasteiger partial charge in [0.15, 0.2) is 0 Å². The van der Waals surface area contributed by atoms with Crippen LogP contribution in [0.15, 0.2) is 17.0 Å². The third-order valence-electron chi connectivity index (χ3n) is 3.12. The van der Waals surface area contributed by atoms with Gasteiger partial charge in [0.1, 0.15) is 23.1 Å². The summed E-state index contributed by atoms with van der Waals surface area (Å²) in [5.74, 6) is 2.86. The maximum absolute atomic E-state index is 13.8. The fourth-order valence-electron chi connectivity index (χ4n) is 1.94. The largest absolute Gasteiger partial charge is 0.384 e. The molecule has 1 aliphatic rings. The molecule has 0 atom stereocenters. The number of hydrogen-bond donors (Lipinski definition) is 2. The molecule has 1 aromatic rings. The SMILES string of the molecule is O=S(=O)(NCCC1CC1)c1c(F)cc(F)cc1C#CCO. The highest BCUT2D eigenvalue weighted by Crippen LogP contribution is 2.32. The molecule has 7 heteroatoms. The molecule has 4 nitrogen and oxygen atoms in total. The molecule has 0 unspecified atom stereocenters. The zero-order valence-corrected chi connectivity index (χ0v) is 12.0. The van der Waals surface area contributed by atoms with E-state index in [1.165, 1.54) is 0 Å². The van der Waals surface area contributed by atoms with Crippen molar-refractivity contribution < 1.29 is 22.3 Å². The first kappa shape index (κ1) is 15.9. The fourth-order valence-corrected chi connectivity index (χ4v) is 3.18. The molecule has 1 saturated carbocycles. The minimum atomic E-state index is -4.11. The van der Waals surface area contributed by atoms with Gasteiger partial charge in [0.2, 0.25) is 10.0 Å². The first-order valence-electron chi connectivity index (χ1n) is 6.52. The van der Waals surface area contributed by atoms with E-state index in [1.54, 1.807) is 0 Å². The average Bonchev–Trinajstić information content (AvgIpc) is 3.18. The van der Waals surface area contributed by atoms with Gasteiger partial charge in [-0.15, -0.1) is 0 Å². The summed E-state index contributed by atoms with van der Waals surface area (Å²) in [6, 6.07) is 1.33. The highest BCUT2D eigenvalue weighted by atomic mass is 32.2. The number of halogens is 2. The maximum Gasteiger partial charge on any atom is 0.244 e. The van der Waals surface area contributed by atoms with E-state index in [1.807, 2.05) is 0 Å². The molecule has 114 valence electrons. The van der Waals surface area contributed by atoms with Crippen LogP contribution in [0.5, 0.6) is 0 Å². The van der Waals surface area contributed by atoms with Gasteiger partial charge in [0.05, 0.1) is 5.56 Å². The minimum Gasteiger partial charge on any atom is -0.384 e. The van der Waals surface area contributed by atoms with Crippen molar-refractivity contribution in [1.29, 1.82) is 0 Å². The van der Waals surface area contributed by atoms with Crippen molar-refractivity contribution in [3.63, 3.8) is 0 Å². The number of nitrogens with one attached hydrogen (secondary N) is 1. The Morgan fingerprint density at radius 1 is 1.33 bits per heavy atom. The van der Waals surface area contributed by atoms with Crippen LogP contribution in [0.25, 0.3) is 0 Å². The number of sulfonamides is 1. The van der Waals surface area contributed by atoms with Gasteiger partial charge in [-0.05, 0) is 18.4 Å². The molecular weight excluding hydrogens is 300 g/mol. The van der Waals surface area contributed by atoms with Crippen LogP contribution in [0.4, 0.5) is 8.78 Å². The van der Waals surface area contributed by atoms with E-state index in [-0.39, 0.29) is 12.1 Å². The zero-order valence-electron chi connectivity index (χ0n) is 11.2. The molecule has 0 heterocycles. The third-order valence-corrected chi connectivity index (χ3v) is 4.66. The predicted molar refractivity (Wildman–Crippen MR) is 72.9 cm³/mol. The van der Waals surface area contributed by atoms with Crippen LogP contribution in [-0.2, 0) is 10.0 Å². The molecule has 2 N–H and O–H groups in total. The molecule has 1 fully saturated rings. The molecule has 0 aliphatic heterocycles. The van der Waals surface area contributed by atoms with E-state index in [4.69, 9.17) is 5.11 Å². The van der Waals surface area contributed by atoms with E-state index in [0.717, 1.165) is 18.9 Å². The Kier molecular flexibility index (Phi) is 4.93. The van der Waals surface area contributed by atoms with E-state index in [9.17, 15) is 17.2 Å². The van der Waals surface area contributed by atoms with E-state index < -0.39 is 33.2 Å². The van der Waals surface area contributed by atoms with Gasteiger partial charge in [0.25, 0.3) is 0 Å². The van der Waals surface area contributed by atoms with Crippen LogP contribution in [-0.4, -0.2) is 26.7 Å². The van der Waals surface area contributed by atoms with Gasteiger partial charge in [0, 0.05) is 12.6 Å². The summed E-state index contributed by atoms with van der Waals surface area (Å²) in [6.45, 7) is -0.330. The third kappa shape index (κ3) is 4.24. The first-order chi connectivity index (χ1) is 9.94. The Bertz CT molecular complexity index is 688. The van der Waals surface area contributed by atoms with Gasteiger partial charge in [-0.2, -0.15) is 0 Å². The smallest absolute Gasteiger partial charge is 0.244 e. The Morgan fingerprint density at radius 2 is 2.05 bits per heavy atom. The lowest BCUT2D eigenvalue weighted by Crippen LogP contribution is -2.27.